The number of ketones is 1. The number of Topliss-reactive ketones (excluding diaryl/α,β-unsaturated/α-hetero) is 1. The molecule has 0 saturated heterocycles. The maximum absolute atomic E-state index is 13.7. The van der Waals surface area contributed by atoms with Gasteiger partial charge in [0.2, 0.25) is 11.7 Å². The van der Waals surface area contributed by atoms with E-state index in [1.807, 2.05) is 6.92 Å². The second-order valence-electron chi connectivity index (χ2n) is 10.4. The van der Waals surface area contributed by atoms with E-state index in [9.17, 15) is 22.8 Å². The van der Waals surface area contributed by atoms with E-state index in [1.165, 1.54) is 19.1 Å². The average molecular weight is 636 g/mol. The summed E-state index contributed by atoms with van der Waals surface area (Å²) in [6.45, 7) is 5.89. The van der Waals surface area contributed by atoms with Crippen LogP contribution in [0.1, 0.15) is 53.9 Å². The Labute approximate surface area is 256 Å². The molecule has 14 nitrogen and oxygen atoms in total. The summed E-state index contributed by atoms with van der Waals surface area (Å²) >= 11 is 0. The van der Waals surface area contributed by atoms with E-state index in [0.717, 1.165) is 6.42 Å². The van der Waals surface area contributed by atoms with Gasteiger partial charge in [0.1, 0.15) is 17.3 Å². The van der Waals surface area contributed by atoms with Crippen LogP contribution in [-0.2, 0) is 29.9 Å². The van der Waals surface area contributed by atoms with E-state index in [1.54, 1.807) is 38.1 Å². The van der Waals surface area contributed by atoms with Gasteiger partial charge in [-0.3, -0.25) is 9.59 Å². The fraction of sp³-hybridized carbons (Fsp3) is 0.552. The molecule has 2 aromatic heterocycles. The highest BCUT2D eigenvalue weighted by Crippen LogP contribution is 2.19. The first-order valence-electron chi connectivity index (χ1n) is 14.3. The Bertz CT molecular complexity index is 1460. The van der Waals surface area contributed by atoms with Crippen LogP contribution in [0.5, 0.6) is 0 Å². The highest BCUT2D eigenvalue weighted by molar-refractivity contribution is 7.90. The topological polar surface area (TPSA) is 183 Å². The van der Waals surface area contributed by atoms with Crippen molar-refractivity contribution in [2.45, 2.75) is 57.9 Å². The molecular formula is C29H41N5O9S. The Morgan fingerprint density at radius 2 is 1.70 bits per heavy atom. The second kappa shape index (κ2) is 16.3. The Kier molecular flexibility index (Phi) is 12.8. The number of fused-ring (bicyclic) bond motifs is 1. The number of urea groups is 1. The molecule has 3 aromatic rings. The van der Waals surface area contributed by atoms with Crippen molar-refractivity contribution in [2.75, 3.05) is 46.3 Å². The van der Waals surface area contributed by atoms with Crippen molar-refractivity contribution in [3.05, 3.63) is 47.2 Å². The Morgan fingerprint density at radius 1 is 1.02 bits per heavy atom. The number of hydrogen-bond donors (Lipinski definition) is 2. The Hall–Kier alpha value is -3.82. The van der Waals surface area contributed by atoms with Crippen LogP contribution in [0.2, 0.25) is 0 Å². The monoisotopic (exact) mass is 635 g/mol. The largest absolute Gasteiger partial charge is 0.434 e. The van der Waals surface area contributed by atoms with Crippen molar-refractivity contribution in [3.8, 4) is 0 Å². The quantitative estimate of drug-likeness (QED) is 0.196. The molecule has 0 bridgehead atoms. The number of carbonyl (C=O) groups is 3. The number of para-hydroxylation sites is 2. The third-order valence-corrected chi connectivity index (χ3v) is 8.55. The third-order valence-electron chi connectivity index (χ3n) is 6.98. The molecule has 0 aliphatic heterocycles. The minimum atomic E-state index is -4.00. The number of methoxy groups -OCH3 is 2. The van der Waals surface area contributed by atoms with Gasteiger partial charge in [-0.25, -0.2) is 18.2 Å². The summed E-state index contributed by atoms with van der Waals surface area (Å²) in [7, 11) is -1.04. The smallest absolute Gasteiger partial charge is 0.318 e. The average Bonchev–Trinajstić information content (AvgIpc) is 3.57. The molecule has 0 saturated carbocycles. The van der Waals surface area contributed by atoms with E-state index >= 15 is 0 Å². The first-order valence-corrected chi connectivity index (χ1v) is 16.2. The second-order valence-corrected chi connectivity index (χ2v) is 12.5. The van der Waals surface area contributed by atoms with Gasteiger partial charge < -0.3 is 33.9 Å². The van der Waals surface area contributed by atoms with Gasteiger partial charge >= 0.3 is 6.03 Å². The minimum Gasteiger partial charge on any atom is -0.434 e. The lowest BCUT2D eigenvalue weighted by Crippen LogP contribution is -2.57. The number of nitrogens with zero attached hydrogens (tertiary/aromatic N) is 3. The van der Waals surface area contributed by atoms with Crippen LogP contribution in [0.25, 0.3) is 11.1 Å². The molecule has 15 heteroatoms. The Morgan fingerprint density at radius 3 is 2.30 bits per heavy atom. The number of aryl methyl sites for hydroxylation is 2. The summed E-state index contributed by atoms with van der Waals surface area (Å²) < 4.78 is 47.7. The van der Waals surface area contributed by atoms with Gasteiger partial charge in [0.25, 0.3) is 5.89 Å². The van der Waals surface area contributed by atoms with Gasteiger partial charge in [0.15, 0.2) is 15.4 Å². The van der Waals surface area contributed by atoms with Gasteiger partial charge in [0, 0.05) is 32.9 Å². The zero-order chi connectivity index (χ0) is 32.3. The summed E-state index contributed by atoms with van der Waals surface area (Å²) in [5.74, 6) is -2.44. The molecule has 3 rings (SSSR count). The number of nitrogens with one attached hydrogen (secondary N) is 2. The normalized spacial score (nSPS) is 13.0. The SMILES string of the molecule is CCCC[C@H](NC(=O)[C@H](CS(=O)(=O)Cc1c(C)noc1C)NC(=O)N(CCOC)CCOC)C(=O)c1nc2ccccc2o1. The molecule has 0 aliphatic rings. The minimum absolute atomic E-state index is 0.168. The summed E-state index contributed by atoms with van der Waals surface area (Å²) in [6.07, 6.45) is 1.56. The van der Waals surface area contributed by atoms with Gasteiger partial charge in [-0.1, -0.05) is 37.1 Å². The summed E-state index contributed by atoms with van der Waals surface area (Å²) in [5.41, 5.74) is 1.69. The van der Waals surface area contributed by atoms with Crippen molar-refractivity contribution in [1.82, 2.24) is 25.7 Å². The molecule has 0 radical (unpaired) electrons. The highest BCUT2D eigenvalue weighted by Gasteiger charge is 2.34. The predicted molar refractivity (Wildman–Crippen MR) is 161 cm³/mol. The molecule has 2 heterocycles. The van der Waals surface area contributed by atoms with Crippen molar-refractivity contribution >= 4 is 38.7 Å². The molecule has 0 unspecified atom stereocenters. The summed E-state index contributed by atoms with van der Waals surface area (Å²) in [6, 6.07) is 3.57. The molecule has 3 amide bonds. The van der Waals surface area contributed by atoms with E-state index in [-0.39, 0.29) is 38.6 Å². The predicted octanol–water partition coefficient (Wildman–Crippen LogP) is 2.58. The van der Waals surface area contributed by atoms with Crippen LogP contribution < -0.4 is 10.6 Å². The number of rotatable bonds is 18. The molecule has 1 aromatic carbocycles. The molecule has 44 heavy (non-hydrogen) atoms. The number of aromatic nitrogens is 2. The number of unbranched alkanes of at least 4 members (excludes halogenated alkanes) is 1. The van der Waals surface area contributed by atoms with Crippen molar-refractivity contribution in [1.29, 1.82) is 0 Å². The number of carbonyl (C=O) groups excluding carboxylic acids is 3. The maximum atomic E-state index is 13.7. The maximum Gasteiger partial charge on any atom is 0.318 e. The zero-order valence-corrected chi connectivity index (χ0v) is 26.6. The van der Waals surface area contributed by atoms with Crippen LogP contribution in [-0.4, -0.2) is 99.5 Å². The van der Waals surface area contributed by atoms with Crippen LogP contribution in [0, 0.1) is 13.8 Å². The summed E-state index contributed by atoms with van der Waals surface area (Å²) in [5, 5.41) is 9.02. The number of hydrogen-bond acceptors (Lipinski definition) is 11. The number of ether oxygens (including phenoxy) is 2. The molecule has 242 valence electrons. The van der Waals surface area contributed by atoms with Gasteiger partial charge in [-0.05, 0) is 32.4 Å². The van der Waals surface area contributed by atoms with E-state index in [2.05, 4.69) is 20.8 Å². The zero-order valence-electron chi connectivity index (χ0n) is 25.8. The van der Waals surface area contributed by atoms with Crippen LogP contribution >= 0.6 is 0 Å². The third kappa shape index (κ3) is 9.59. The fourth-order valence-corrected chi connectivity index (χ4v) is 6.17. The number of benzene rings is 1. The molecule has 2 atom stereocenters. The first kappa shape index (κ1) is 34.7. The molecule has 0 spiro atoms. The lowest BCUT2D eigenvalue weighted by Gasteiger charge is -2.27. The first-order chi connectivity index (χ1) is 21.0. The van der Waals surface area contributed by atoms with E-state index < -0.39 is 51.1 Å². The van der Waals surface area contributed by atoms with E-state index in [0.29, 0.717) is 34.5 Å². The van der Waals surface area contributed by atoms with Crippen LogP contribution in [0.3, 0.4) is 0 Å². The van der Waals surface area contributed by atoms with Gasteiger partial charge in [0.05, 0.1) is 36.5 Å². The Balaban J connectivity index is 1.89. The standard InChI is InChI=1S/C29H41N5O9S/c1-6-7-10-23(26(35)28-31-22-11-8-9-12-25(22)42-28)30-27(36)24(32-29(37)34(13-15-40-4)14-16-41-5)18-44(38,39)17-21-19(2)33-43-20(21)3/h8-9,11-12,23-24H,6-7,10,13-18H2,1-5H3,(H,30,36)(H,32,37)/t23-,24-/m0/s1. The lowest BCUT2D eigenvalue weighted by molar-refractivity contribution is -0.123. The number of sulfone groups is 1. The van der Waals surface area contributed by atoms with Crippen molar-refractivity contribution in [2.24, 2.45) is 0 Å². The molecular weight excluding hydrogens is 594 g/mol. The number of oxazole rings is 1. The van der Waals surface area contributed by atoms with Crippen molar-refractivity contribution < 1.29 is 41.2 Å². The summed E-state index contributed by atoms with van der Waals surface area (Å²) in [4.78, 5) is 46.1. The molecule has 0 fully saturated rings. The molecule has 2 N–H and O–H groups in total. The van der Waals surface area contributed by atoms with Crippen LogP contribution in [0.4, 0.5) is 4.79 Å². The highest BCUT2D eigenvalue weighted by atomic mass is 32.2. The number of amides is 3. The fourth-order valence-electron chi connectivity index (χ4n) is 4.46. The lowest BCUT2D eigenvalue weighted by atomic mass is 10.0. The molecule has 0 aliphatic carbocycles. The van der Waals surface area contributed by atoms with Crippen molar-refractivity contribution in [3.63, 3.8) is 0 Å². The van der Waals surface area contributed by atoms with Gasteiger partial charge in [-0.15, -0.1) is 0 Å². The van der Waals surface area contributed by atoms with E-state index in [4.69, 9.17) is 18.4 Å². The van der Waals surface area contributed by atoms with Gasteiger partial charge in [-0.2, -0.15) is 0 Å². The van der Waals surface area contributed by atoms with Crippen LogP contribution in [0.15, 0.2) is 33.2 Å².